The topological polar surface area (TPSA) is 68.5 Å². The minimum atomic E-state index is -0.279. The summed E-state index contributed by atoms with van der Waals surface area (Å²) in [6, 6.07) is 6.22. The highest BCUT2D eigenvalue weighted by Gasteiger charge is 2.25. The summed E-state index contributed by atoms with van der Waals surface area (Å²) in [5.41, 5.74) is 0.884. The Balaban J connectivity index is 1.50. The predicted octanol–water partition coefficient (Wildman–Crippen LogP) is 2.44. The molecule has 0 unspecified atom stereocenters. The van der Waals surface area contributed by atoms with Crippen LogP contribution >= 0.6 is 0 Å². The normalized spacial score (nSPS) is 17.9. The van der Waals surface area contributed by atoms with E-state index in [1.54, 1.807) is 24.0 Å². The molecule has 1 aromatic carbocycles. The molecule has 0 spiro atoms. The van der Waals surface area contributed by atoms with Crippen molar-refractivity contribution in [2.45, 2.75) is 32.3 Å². The number of hydrogen-bond donors (Lipinski definition) is 0. The minimum Gasteiger partial charge on any atom is -0.370 e. The van der Waals surface area contributed by atoms with E-state index in [-0.39, 0.29) is 17.8 Å². The number of morpholine rings is 1. The molecule has 0 aliphatic carbocycles. The monoisotopic (exact) mass is 333 g/mol. The third-order valence-corrected chi connectivity index (χ3v) is 4.01. The second-order valence-electron chi connectivity index (χ2n) is 5.84. The van der Waals surface area contributed by atoms with E-state index in [4.69, 9.17) is 9.26 Å². The lowest BCUT2D eigenvalue weighted by Crippen LogP contribution is -2.42. The van der Waals surface area contributed by atoms with Crippen LogP contribution in [0.4, 0.5) is 4.39 Å². The molecule has 1 amide bonds. The Morgan fingerprint density at radius 1 is 1.38 bits per heavy atom. The lowest BCUT2D eigenvalue weighted by atomic mass is 10.1. The van der Waals surface area contributed by atoms with Crippen molar-refractivity contribution in [2.24, 2.45) is 0 Å². The van der Waals surface area contributed by atoms with Crippen LogP contribution in [0.3, 0.4) is 0 Å². The summed E-state index contributed by atoms with van der Waals surface area (Å²) >= 11 is 0. The van der Waals surface area contributed by atoms with Crippen molar-refractivity contribution < 1.29 is 18.4 Å². The SMILES string of the molecule is Cc1noc(CCCC(=O)N2CCO[C@@H](c3ccc(F)cc3)C2)n1. The number of nitrogens with zero attached hydrogens (tertiary/aromatic N) is 3. The van der Waals surface area contributed by atoms with Crippen LogP contribution in [0.15, 0.2) is 28.8 Å². The number of carbonyl (C=O) groups excluding carboxylic acids is 1. The molecule has 1 aliphatic heterocycles. The fourth-order valence-corrected chi connectivity index (χ4v) is 2.75. The Morgan fingerprint density at radius 2 is 2.17 bits per heavy atom. The van der Waals surface area contributed by atoms with E-state index in [0.29, 0.717) is 50.7 Å². The summed E-state index contributed by atoms with van der Waals surface area (Å²) in [7, 11) is 0. The number of ether oxygens (including phenoxy) is 1. The van der Waals surface area contributed by atoms with Crippen molar-refractivity contribution in [1.82, 2.24) is 15.0 Å². The number of benzene rings is 1. The van der Waals surface area contributed by atoms with E-state index in [0.717, 1.165) is 5.56 Å². The summed E-state index contributed by atoms with van der Waals surface area (Å²) in [6.07, 6.45) is 1.48. The van der Waals surface area contributed by atoms with E-state index < -0.39 is 0 Å². The van der Waals surface area contributed by atoms with Crippen molar-refractivity contribution in [3.05, 3.63) is 47.4 Å². The highest BCUT2D eigenvalue weighted by Crippen LogP contribution is 2.23. The maximum atomic E-state index is 13.0. The maximum Gasteiger partial charge on any atom is 0.226 e. The first-order valence-corrected chi connectivity index (χ1v) is 8.06. The van der Waals surface area contributed by atoms with E-state index in [1.807, 2.05) is 0 Å². The zero-order chi connectivity index (χ0) is 16.9. The molecule has 1 atom stereocenters. The molecule has 1 aliphatic rings. The Bertz CT molecular complexity index is 687. The summed E-state index contributed by atoms with van der Waals surface area (Å²) in [5.74, 6) is 0.971. The summed E-state index contributed by atoms with van der Waals surface area (Å²) in [5, 5.41) is 3.73. The van der Waals surface area contributed by atoms with Gasteiger partial charge in [-0.2, -0.15) is 4.98 Å². The van der Waals surface area contributed by atoms with Crippen LogP contribution in [-0.4, -0.2) is 40.6 Å². The standard InChI is InChI=1S/C17H20FN3O3/c1-12-19-16(24-20-12)3-2-4-17(22)21-9-10-23-15(11-21)13-5-7-14(18)8-6-13/h5-8,15H,2-4,9-11H2,1H3/t15-/m1/s1. The molecule has 0 saturated carbocycles. The highest BCUT2D eigenvalue weighted by atomic mass is 19.1. The van der Waals surface area contributed by atoms with Gasteiger partial charge in [-0.05, 0) is 31.0 Å². The number of aromatic nitrogens is 2. The van der Waals surface area contributed by atoms with Gasteiger partial charge in [0.05, 0.1) is 13.2 Å². The van der Waals surface area contributed by atoms with Gasteiger partial charge in [-0.15, -0.1) is 0 Å². The Kier molecular flexibility index (Phi) is 5.20. The molecule has 0 radical (unpaired) electrons. The fourth-order valence-electron chi connectivity index (χ4n) is 2.75. The predicted molar refractivity (Wildman–Crippen MR) is 83.6 cm³/mol. The second-order valence-corrected chi connectivity index (χ2v) is 5.84. The van der Waals surface area contributed by atoms with Gasteiger partial charge in [0.1, 0.15) is 11.9 Å². The van der Waals surface area contributed by atoms with Gasteiger partial charge in [-0.1, -0.05) is 17.3 Å². The number of amides is 1. The molecule has 2 heterocycles. The maximum absolute atomic E-state index is 13.0. The number of hydrogen-bond acceptors (Lipinski definition) is 5. The van der Waals surface area contributed by atoms with Gasteiger partial charge in [-0.3, -0.25) is 4.79 Å². The molecule has 1 aromatic heterocycles. The van der Waals surface area contributed by atoms with Gasteiger partial charge >= 0.3 is 0 Å². The quantitative estimate of drug-likeness (QED) is 0.841. The van der Waals surface area contributed by atoms with Gasteiger partial charge < -0.3 is 14.2 Å². The van der Waals surface area contributed by atoms with Gasteiger partial charge in [0, 0.05) is 19.4 Å². The van der Waals surface area contributed by atoms with Crippen molar-refractivity contribution in [3.8, 4) is 0 Å². The molecule has 3 rings (SSSR count). The third-order valence-electron chi connectivity index (χ3n) is 4.01. The molecular weight excluding hydrogens is 313 g/mol. The molecule has 128 valence electrons. The first-order valence-electron chi connectivity index (χ1n) is 8.06. The third kappa shape index (κ3) is 4.17. The van der Waals surface area contributed by atoms with Crippen molar-refractivity contribution in [3.63, 3.8) is 0 Å². The van der Waals surface area contributed by atoms with Crippen molar-refractivity contribution >= 4 is 5.91 Å². The summed E-state index contributed by atoms with van der Waals surface area (Å²) in [4.78, 5) is 18.3. The average molecular weight is 333 g/mol. The Hall–Kier alpha value is -2.28. The molecule has 24 heavy (non-hydrogen) atoms. The molecule has 0 N–H and O–H groups in total. The number of halogens is 1. The molecule has 6 nitrogen and oxygen atoms in total. The molecular formula is C17H20FN3O3. The smallest absolute Gasteiger partial charge is 0.226 e. The van der Waals surface area contributed by atoms with Crippen molar-refractivity contribution in [1.29, 1.82) is 0 Å². The van der Waals surface area contributed by atoms with Crippen LogP contribution < -0.4 is 0 Å². The first kappa shape index (κ1) is 16.6. The zero-order valence-electron chi connectivity index (χ0n) is 13.6. The number of aryl methyl sites for hydroxylation is 2. The lowest BCUT2D eigenvalue weighted by molar-refractivity contribution is -0.139. The second kappa shape index (κ2) is 7.53. The van der Waals surface area contributed by atoms with Gasteiger partial charge in [0.2, 0.25) is 11.8 Å². The largest absolute Gasteiger partial charge is 0.370 e. The van der Waals surface area contributed by atoms with E-state index in [2.05, 4.69) is 10.1 Å². The molecule has 1 fully saturated rings. The van der Waals surface area contributed by atoms with Crippen molar-refractivity contribution in [2.75, 3.05) is 19.7 Å². The number of rotatable bonds is 5. The minimum absolute atomic E-state index is 0.0849. The van der Waals surface area contributed by atoms with Gasteiger partial charge in [-0.25, -0.2) is 4.39 Å². The summed E-state index contributed by atoms with van der Waals surface area (Å²) in [6.45, 7) is 3.32. The molecule has 7 heteroatoms. The van der Waals surface area contributed by atoms with E-state index in [1.165, 1.54) is 12.1 Å². The van der Waals surface area contributed by atoms with Gasteiger partial charge in [0.15, 0.2) is 5.82 Å². The molecule has 1 saturated heterocycles. The van der Waals surface area contributed by atoms with E-state index >= 15 is 0 Å². The Morgan fingerprint density at radius 3 is 2.88 bits per heavy atom. The Labute approximate surface area is 139 Å². The average Bonchev–Trinajstić information content (AvgIpc) is 3.01. The molecule has 0 bridgehead atoms. The zero-order valence-corrected chi connectivity index (χ0v) is 13.6. The van der Waals surface area contributed by atoms with Crippen LogP contribution in [-0.2, 0) is 16.0 Å². The van der Waals surface area contributed by atoms with Gasteiger partial charge in [0.25, 0.3) is 0 Å². The fraction of sp³-hybridized carbons (Fsp3) is 0.471. The number of carbonyl (C=O) groups is 1. The lowest BCUT2D eigenvalue weighted by Gasteiger charge is -2.33. The van der Waals surface area contributed by atoms with Crippen LogP contribution in [0, 0.1) is 12.7 Å². The molecule has 2 aromatic rings. The summed E-state index contributed by atoms with van der Waals surface area (Å²) < 4.78 is 23.8. The first-order chi connectivity index (χ1) is 11.6. The van der Waals surface area contributed by atoms with E-state index in [9.17, 15) is 9.18 Å². The highest BCUT2D eigenvalue weighted by molar-refractivity contribution is 5.76. The van der Waals surface area contributed by atoms with Crippen LogP contribution in [0.2, 0.25) is 0 Å². The van der Waals surface area contributed by atoms with Crippen LogP contribution in [0.5, 0.6) is 0 Å². The van der Waals surface area contributed by atoms with Crippen LogP contribution in [0.25, 0.3) is 0 Å². The van der Waals surface area contributed by atoms with Crippen LogP contribution in [0.1, 0.15) is 36.2 Å².